The third-order valence-electron chi connectivity index (χ3n) is 2.55. The molecule has 5 nitrogen and oxygen atoms in total. The van der Waals surface area contributed by atoms with Gasteiger partial charge in [-0.25, -0.2) is 14.6 Å². The van der Waals surface area contributed by atoms with Gasteiger partial charge in [0.05, 0.1) is 11.4 Å². The molecule has 0 atom stereocenters. The van der Waals surface area contributed by atoms with Crippen molar-refractivity contribution in [1.82, 2.24) is 19.7 Å². The summed E-state index contributed by atoms with van der Waals surface area (Å²) in [6.07, 6.45) is 5.03. The van der Waals surface area contributed by atoms with Gasteiger partial charge in [-0.15, -0.1) is 0 Å². The zero-order valence-electron chi connectivity index (χ0n) is 9.86. The van der Waals surface area contributed by atoms with Crippen molar-refractivity contribution in [3.8, 4) is 5.69 Å². The van der Waals surface area contributed by atoms with Gasteiger partial charge in [-0.1, -0.05) is 23.7 Å². The van der Waals surface area contributed by atoms with Crippen LogP contribution in [-0.2, 0) is 0 Å². The molecule has 6 heteroatoms. The van der Waals surface area contributed by atoms with E-state index in [0.717, 1.165) is 11.4 Å². The quantitative estimate of drug-likeness (QED) is 0.744. The molecule has 0 aliphatic heterocycles. The molecule has 0 aliphatic carbocycles. The van der Waals surface area contributed by atoms with E-state index in [0.29, 0.717) is 11.0 Å². The second kappa shape index (κ2) is 5.07. The molecule has 0 amide bonds. The molecule has 0 radical (unpaired) electrons. The minimum atomic E-state index is 0.397. The highest BCUT2D eigenvalue weighted by atomic mass is 35.5. The number of benzene rings is 1. The summed E-state index contributed by atoms with van der Waals surface area (Å²) in [5.74, 6) is 0.639. The van der Waals surface area contributed by atoms with E-state index in [4.69, 9.17) is 11.6 Å². The van der Waals surface area contributed by atoms with E-state index in [9.17, 15) is 0 Å². The Labute approximate surface area is 114 Å². The Kier molecular flexibility index (Phi) is 3.12. The Morgan fingerprint density at radius 2 is 2.00 bits per heavy atom. The fraction of sp³-hybridized carbons (Fsp3) is 0. The number of anilines is 2. The fourth-order valence-electron chi connectivity index (χ4n) is 1.73. The standard InChI is InChI=1S/C13H10ClN5/c14-12-8-13(16-9-15-12)18-10-4-1-2-5-11(10)19-7-3-6-17-19/h1-9H,(H,15,16,18). The van der Waals surface area contributed by atoms with Crippen molar-refractivity contribution in [1.29, 1.82) is 0 Å². The van der Waals surface area contributed by atoms with Crippen LogP contribution in [0.5, 0.6) is 0 Å². The van der Waals surface area contributed by atoms with E-state index in [1.165, 1.54) is 6.33 Å². The summed E-state index contributed by atoms with van der Waals surface area (Å²) in [5, 5.41) is 7.83. The molecule has 0 fully saturated rings. The molecule has 2 heterocycles. The Bertz CT molecular complexity index is 681. The smallest absolute Gasteiger partial charge is 0.135 e. The van der Waals surface area contributed by atoms with Crippen LogP contribution in [0.3, 0.4) is 0 Å². The van der Waals surface area contributed by atoms with Crippen molar-refractivity contribution in [3.63, 3.8) is 0 Å². The molecule has 0 saturated heterocycles. The third-order valence-corrected chi connectivity index (χ3v) is 2.76. The summed E-state index contributed by atoms with van der Waals surface area (Å²) in [5.41, 5.74) is 1.82. The topological polar surface area (TPSA) is 55.6 Å². The van der Waals surface area contributed by atoms with Gasteiger partial charge in [-0.05, 0) is 18.2 Å². The van der Waals surface area contributed by atoms with Gasteiger partial charge in [-0.2, -0.15) is 5.10 Å². The van der Waals surface area contributed by atoms with Crippen molar-refractivity contribution in [3.05, 3.63) is 60.3 Å². The van der Waals surface area contributed by atoms with Crippen molar-refractivity contribution >= 4 is 23.1 Å². The molecular weight excluding hydrogens is 262 g/mol. The van der Waals surface area contributed by atoms with E-state index in [-0.39, 0.29) is 0 Å². The lowest BCUT2D eigenvalue weighted by molar-refractivity contribution is 0.882. The third kappa shape index (κ3) is 2.56. The van der Waals surface area contributed by atoms with Crippen LogP contribution in [0.25, 0.3) is 5.69 Å². The van der Waals surface area contributed by atoms with E-state index in [2.05, 4.69) is 20.4 Å². The number of para-hydroxylation sites is 2. The molecule has 1 aromatic carbocycles. The highest BCUT2D eigenvalue weighted by Gasteiger charge is 2.05. The maximum Gasteiger partial charge on any atom is 0.135 e. The van der Waals surface area contributed by atoms with Crippen molar-refractivity contribution in [2.45, 2.75) is 0 Å². The van der Waals surface area contributed by atoms with Crippen molar-refractivity contribution < 1.29 is 0 Å². The Balaban J connectivity index is 1.97. The molecule has 0 bridgehead atoms. The number of rotatable bonds is 3. The molecule has 0 spiro atoms. The van der Waals surface area contributed by atoms with Gasteiger partial charge >= 0.3 is 0 Å². The maximum atomic E-state index is 5.84. The first-order valence-corrected chi connectivity index (χ1v) is 6.04. The van der Waals surface area contributed by atoms with Crippen LogP contribution in [0, 0.1) is 0 Å². The van der Waals surface area contributed by atoms with Crippen LogP contribution in [0.15, 0.2) is 55.1 Å². The molecule has 0 unspecified atom stereocenters. The van der Waals surface area contributed by atoms with Crippen LogP contribution >= 0.6 is 11.6 Å². The minimum absolute atomic E-state index is 0.397. The Morgan fingerprint density at radius 3 is 2.79 bits per heavy atom. The lowest BCUT2D eigenvalue weighted by Crippen LogP contribution is -2.01. The fourth-order valence-corrected chi connectivity index (χ4v) is 1.88. The van der Waals surface area contributed by atoms with Gasteiger partial charge in [0.1, 0.15) is 17.3 Å². The van der Waals surface area contributed by atoms with E-state index >= 15 is 0 Å². The number of aromatic nitrogens is 4. The lowest BCUT2D eigenvalue weighted by atomic mass is 10.2. The molecule has 19 heavy (non-hydrogen) atoms. The van der Waals surface area contributed by atoms with Crippen molar-refractivity contribution in [2.24, 2.45) is 0 Å². The molecule has 3 aromatic rings. The summed E-state index contributed by atoms with van der Waals surface area (Å²) in [4.78, 5) is 7.97. The number of hydrogen-bond donors (Lipinski definition) is 1. The Morgan fingerprint density at radius 1 is 1.11 bits per heavy atom. The second-order valence-electron chi connectivity index (χ2n) is 3.82. The number of nitrogens with one attached hydrogen (secondary N) is 1. The zero-order valence-corrected chi connectivity index (χ0v) is 10.6. The predicted molar refractivity (Wildman–Crippen MR) is 73.9 cm³/mol. The molecule has 3 rings (SSSR count). The maximum absolute atomic E-state index is 5.84. The van der Waals surface area contributed by atoms with Gasteiger partial charge in [0.2, 0.25) is 0 Å². The number of nitrogens with zero attached hydrogens (tertiary/aromatic N) is 4. The lowest BCUT2D eigenvalue weighted by Gasteiger charge is -2.11. The monoisotopic (exact) mass is 271 g/mol. The molecule has 0 aliphatic rings. The summed E-state index contributed by atoms with van der Waals surface area (Å²) in [7, 11) is 0. The van der Waals surface area contributed by atoms with Crippen molar-refractivity contribution in [2.75, 3.05) is 5.32 Å². The highest BCUT2D eigenvalue weighted by molar-refractivity contribution is 6.29. The van der Waals surface area contributed by atoms with Gasteiger partial charge in [-0.3, -0.25) is 0 Å². The van der Waals surface area contributed by atoms with Crippen LogP contribution in [0.2, 0.25) is 5.15 Å². The minimum Gasteiger partial charge on any atom is -0.338 e. The summed E-state index contributed by atoms with van der Waals surface area (Å²) in [6.45, 7) is 0. The Hall–Kier alpha value is -2.40. The van der Waals surface area contributed by atoms with E-state index in [1.54, 1.807) is 16.9 Å². The van der Waals surface area contributed by atoms with Crippen LogP contribution in [-0.4, -0.2) is 19.7 Å². The molecule has 0 saturated carbocycles. The summed E-state index contributed by atoms with van der Waals surface area (Å²) >= 11 is 5.84. The number of hydrogen-bond acceptors (Lipinski definition) is 4. The van der Waals surface area contributed by atoms with Crippen LogP contribution < -0.4 is 5.32 Å². The van der Waals surface area contributed by atoms with Gasteiger partial charge in [0.15, 0.2) is 0 Å². The SMILES string of the molecule is Clc1cc(Nc2ccccc2-n2cccn2)ncn1. The van der Waals surface area contributed by atoms with Gasteiger partial charge in [0.25, 0.3) is 0 Å². The van der Waals surface area contributed by atoms with Gasteiger partial charge in [0, 0.05) is 18.5 Å². The van der Waals surface area contributed by atoms with E-state index < -0.39 is 0 Å². The molecular formula is C13H10ClN5. The van der Waals surface area contributed by atoms with Gasteiger partial charge < -0.3 is 5.32 Å². The van der Waals surface area contributed by atoms with Crippen LogP contribution in [0.1, 0.15) is 0 Å². The molecule has 2 aromatic heterocycles. The molecule has 1 N–H and O–H groups in total. The summed E-state index contributed by atoms with van der Waals surface area (Å²) < 4.78 is 1.78. The number of halogens is 1. The first-order chi connectivity index (χ1) is 9.33. The second-order valence-corrected chi connectivity index (χ2v) is 4.21. The average Bonchev–Trinajstić information content (AvgIpc) is 2.93. The summed E-state index contributed by atoms with van der Waals surface area (Å²) in [6, 6.07) is 11.4. The normalized spacial score (nSPS) is 10.4. The first-order valence-electron chi connectivity index (χ1n) is 5.66. The average molecular weight is 272 g/mol. The van der Waals surface area contributed by atoms with E-state index in [1.807, 2.05) is 36.5 Å². The highest BCUT2D eigenvalue weighted by Crippen LogP contribution is 2.23. The molecule has 94 valence electrons. The first kappa shape index (κ1) is 11.7. The predicted octanol–water partition coefficient (Wildman–Crippen LogP) is 3.06. The largest absolute Gasteiger partial charge is 0.338 e. The van der Waals surface area contributed by atoms with Crippen LogP contribution in [0.4, 0.5) is 11.5 Å². The zero-order chi connectivity index (χ0) is 13.1.